The average molecular weight is 329 g/mol. The van der Waals surface area contributed by atoms with E-state index in [1.165, 1.54) is 0 Å². The van der Waals surface area contributed by atoms with Gasteiger partial charge in [0.15, 0.2) is 0 Å². The van der Waals surface area contributed by atoms with Crippen LogP contribution in [-0.2, 0) is 16.0 Å². The standard InChI is InChI=1S/C18H19NO3S/c20-17(19-10-4-8-15(19)18(21)22)14(16-9-5-11-23-16)12-13-6-2-1-3-7-13/h1-3,5-7,9,11,14-15H,4,8,10,12H2,(H,21,22). The Kier molecular flexibility index (Phi) is 4.76. The highest BCUT2D eigenvalue weighted by Gasteiger charge is 2.37. The van der Waals surface area contributed by atoms with Crippen LogP contribution in [0.1, 0.15) is 29.2 Å². The third kappa shape index (κ3) is 3.45. The molecule has 0 radical (unpaired) electrons. The number of hydrogen-bond donors (Lipinski definition) is 1. The fraction of sp³-hybridized carbons (Fsp3) is 0.333. The van der Waals surface area contributed by atoms with E-state index in [4.69, 9.17) is 0 Å². The number of nitrogens with zero attached hydrogens (tertiary/aromatic N) is 1. The SMILES string of the molecule is O=C(O)C1CCCN1C(=O)C(Cc1ccccc1)c1cccs1. The van der Waals surface area contributed by atoms with Crippen LogP contribution >= 0.6 is 11.3 Å². The molecule has 1 aliphatic heterocycles. The third-order valence-corrected chi connectivity index (χ3v) is 5.27. The molecule has 0 bridgehead atoms. The molecule has 1 aromatic carbocycles. The lowest BCUT2D eigenvalue weighted by molar-refractivity contribution is -0.148. The van der Waals surface area contributed by atoms with Crippen molar-refractivity contribution in [1.82, 2.24) is 4.90 Å². The van der Waals surface area contributed by atoms with Crippen molar-refractivity contribution in [3.8, 4) is 0 Å². The van der Waals surface area contributed by atoms with E-state index in [0.717, 1.165) is 16.9 Å². The Morgan fingerprint density at radius 3 is 2.65 bits per heavy atom. The van der Waals surface area contributed by atoms with Crippen molar-refractivity contribution >= 4 is 23.2 Å². The molecular formula is C18H19NO3S. The molecule has 1 saturated heterocycles. The number of likely N-dealkylation sites (tertiary alicyclic amines) is 1. The number of amides is 1. The van der Waals surface area contributed by atoms with Crippen molar-refractivity contribution < 1.29 is 14.7 Å². The van der Waals surface area contributed by atoms with Gasteiger partial charge in [0.25, 0.3) is 0 Å². The van der Waals surface area contributed by atoms with Crippen LogP contribution in [-0.4, -0.2) is 34.5 Å². The van der Waals surface area contributed by atoms with E-state index in [2.05, 4.69) is 0 Å². The molecule has 3 rings (SSSR count). The summed E-state index contributed by atoms with van der Waals surface area (Å²) in [5, 5.41) is 11.3. The fourth-order valence-electron chi connectivity index (χ4n) is 3.14. The van der Waals surface area contributed by atoms with Gasteiger partial charge in [-0.1, -0.05) is 36.4 Å². The highest BCUT2D eigenvalue weighted by molar-refractivity contribution is 7.10. The van der Waals surface area contributed by atoms with Gasteiger partial charge in [0.1, 0.15) is 6.04 Å². The molecule has 2 heterocycles. The van der Waals surface area contributed by atoms with Gasteiger partial charge in [-0.2, -0.15) is 0 Å². The molecule has 1 aliphatic rings. The van der Waals surface area contributed by atoms with Gasteiger partial charge in [-0.25, -0.2) is 4.79 Å². The number of carboxylic acid groups (broad SMARTS) is 1. The quantitative estimate of drug-likeness (QED) is 0.917. The minimum atomic E-state index is -0.902. The first-order valence-electron chi connectivity index (χ1n) is 7.77. The second kappa shape index (κ2) is 6.96. The molecule has 2 atom stereocenters. The van der Waals surface area contributed by atoms with Crippen LogP contribution in [0.3, 0.4) is 0 Å². The molecule has 1 fully saturated rings. The monoisotopic (exact) mass is 329 g/mol. The zero-order valence-electron chi connectivity index (χ0n) is 12.7. The van der Waals surface area contributed by atoms with Gasteiger partial charge in [-0.3, -0.25) is 4.79 Å². The van der Waals surface area contributed by atoms with Gasteiger partial charge in [0.05, 0.1) is 5.92 Å². The Balaban J connectivity index is 1.86. The first-order valence-corrected chi connectivity index (χ1v) is 8.65. The van der Waals surface area contributed by atoms with Gasteiger partial charge in [0, 0.05) is 11.4 Å². The lowest BCUT2D eigenvalue weighted by Gasteiger charge is -2.26. The molecule has 0 spiro atoms. The average Bonchev–Trinajstić information content (AvgIpc) is 3.24. The van der Waals surface area contributed by atoms with E-state index in [9.17, 15) is 14.7 Å². The number of carboxylic acids is 1. The lowest BCUT2D eigenvalue weighted by atomic mass is 9.96. The van der Waals surface area contributed by atoms with Crippen LogP contribution in [0.5, 0.6) is 0 Å². The predicted molar refractivity (Wildman–Crippen MR) is 89.6 cm³/mol. The molecule has 0 aliphatic carbocycles. The maximum Gasteiger partial charge on any atom is 0.326 e. The molecule has 2 unspecified atom stereocenters. The minimum Gasteiger partial charge on any atom is -0.480 e. The van der Waals surface area contributed by atoms with E-state index in [0.29, 0.717) is 19.4 Å². The molecule has 5 heteroatoms. The number of carbonyl (C=O) groups excluding carboxylic acids is 1. The predicted octanol–water partition coefficient (Wildman–Crippen LogP) is 3.15. The first kappa shape index (κ1) is 15.7. The molecule has 120 valence electrons. The summed E-state index contributed by atoms with van der Waals surface area (Å²) in [6, 6.07) is 13.1. The molecule has 1 N–H and O–H groups in total. The molecule has 0 saturated carbocycles. The Labute approximate surface area is 139 Å². The number of benzene rings is 1. The van der Waals surface area contributed by atoms with Gasteiger partial charge < -0.3 is 10.0 Å². The van der Waals surface area contributed by atoms with Gasteiger partial charge in [-0.05, 0) is 36.3 Å². The number of aliphatic carboxylic acids is 1. The summed E-state index contributed by atoms with van der Waals surface area (Å²) in [6.45, 7) is 0.534. The van der Waals surface area contributed by atoms with Crippen molar-refractivity contribution in [1.29, 1.82) is 0 Å². The van der Waals surface area contributed by atoms with Gasteiger partial charge >= 0.3 is 5.97 Å². The lowest BCUT2D eigenvalue weighted by Crippen LogP contribution is -2.43. The number of hydrogen-bond acceptors (Lipinski definition) is 3. The van der Waals surface area contributed by atoms with E-state index in [1.807, 2.05) is 47.8 Å². The Morgan fingerprint density at radius 1 is 1.22 bits per heavy atom. The van der Waals surface area contributed by atoms with E-state index >= 15 is 0 Å². The molecule has 1 aromatic heterocycles. The molecule has 23 heavy (non-hydrogen) atoms. The van der Waals surface area contributed by atoms with Crippen LogP contribution < -0.4 is 0 Å². The van der Waals surface area contributed by atoms with Crippen molar-refractivity contribution in [2.24, 2.45) is 0 Å². The summed E-state index contributed by atoms with van der Waals surface area (Å²) >= 11 is 1.55. The van der Waals surface area contributed by atoms with E-state index in [1.54, 1.807) is 16.2 Å². The van der Waals surface area contributed by atoms with Crippen LogP contribution in [0.15, 0.2) is 47.8 Å². The Morgan fingerprint density at radius 2 is 2.00 bits per heavy atom. The summed E-state index contributed by atoms with van der Waals surface area (Å²) in [5.74, 6) is -1.28. The molecule has 1 amide bonds. The fourth-order valence-corrected chi connectivity index (χ4v) is 3.96. The highest BCUT2D eigenvalue weighted by Crippen LogP contribution is 2.30. The summed E-state index contributed by atoms with van der Waals surface area (Å²) in [7, 11) is 0. The van der Waals surface area contributed by atoms with Crippen molar-refractivity contribution in [3.05, 3.63) is 58.3 Å². The number of thiophene rings is 1. The maximum atomic E-state index is 13.0. The van der Waals surface area contributed by atoms with E-state index in [-0.39, 0.29) is 11.8 Å². The van der Waals surface area contributed by atoms with Crippen molar-refractivity contribution in [2.75, 3.05) is 6.54 Å². The topological polar surface area (TPSA) is 57.6 Å². The zero-order valence-corrected chi connectivity index (χ0v) is 13.5. The molecular weight excluding hydrogens is 310 g/mol. The van der Waals surface area contributed by atoms with Crippen molar-refractivity contribution in [2.45, 2.75) is 31.2 Å². The normalized spacial score (nSPS) is 18.8. The van der Waals surface area contributed by atoms with Crippen LogP contribution in [0.2, 0.25) is 0 Å². The third-order valence-electron chi connectivity index (χ3n) is 4.29. The largest absolute Gasteiger partial charge is 0.480 e. The molecule has 4 nitrogen and oxygen atoms in total. The Hall–Kier alpha value is -2.14. The number of carbonyl (C=O) groups is 2. The molecule has 2 aromatic rings. The van der Waals surface area contributed by atoms with E-state index < -0.39 is 12.0 Å². The number of rotatable bonds is 5. The van der Waals surface area contributed by atoms with Gasteiger partial charge in [0.2, 0.25) is 5.91 Å². The highest BCUT2D eigenvalue weighted by atomic mass is 32.1. The maximum absolute atomic E-state index is 13.0. The Bertz CT molecular complexity index is 669. The second-order valence-corrected chi connectivity index (χ2v) is 6.76. The van der Waals surface area contributed by atoms with Crippen LogP contribution in [0.25, 0.3) is 0 Å². The minimum absolute atomic E-state index is 0.0683. The summed E-state index contributed by atoms with van der Waals surface area (Å²) in [4.78, 5) is 27.0. The summed E-state index contributed by atoms with van der Waals surface area (Å²) in [6.07, 6.45) is 1.90. The van der Waals surface area contributed by atoms with Crippen LogP contribution in [0, 0.1) is 0 Å². The zero-order chi connectivity index (χ0) is 16.2. The van der Waals surface area contributed by atoms with Gasteiger partial charge in [-0.15, -0.1) is 11.3 Å². The second-order valence-electron chi connectivity index (χ2n) is 5.79. The van der Waals surface area contributed by atoms with Crippen LogP contribution in [0.4, 0.5) is 0 Å². The first-order chi connectivity index (χ1) is 11.2. The summed E-state index contributed by atoms with van der Waals surface area (Å²) in [5.41, 5.74) is 1.09. The smallest absolute Gasteiger partial charge is 0.326 e. The van der Waals surface area contributed by atoms with Crippen molar-refractivity contribution in [3.63, 3.8) is 0 Å². The summed E-state index contributed by atoms with van der Waals surface area (Å²) < 4.78 is 0.